The van der Waals surface area contributed by atoms with Gasteiger partial charge in [-0.15, -0.1) is 0 Å². The Morgan fingerprint density at radius 1 is 1.53 bits per heavy atom. The highest BCUT2D eigenvalue weighted by Gasteiger charge is 2.36. The Kier molecular flexibility index (Phi) is 3.31. The number of benzene rings is 1. The van der Waals surface area contributed by atoms with Gasteiger partial charge in [0.15, 0.2) is 5.60 Å². The molecule has 1 aromatic rings. The summed E-state index contributed by atoms with van der Waals surface area (Å²) in [5, 5.41) is 18.9. The summed E-state index contributed by atoms with van der Waals surface area (Å²) in [6.45, 7) is 1.62. The van der Waals surface area contributed by atoms with Crippen LogP contribution in [0.3, 0.4) is 0 Å². The maximum atomic E-state index is 11.0. The van der Waals surface area contributed by atoms with E-state index in [4.69, 9.17) is 9.84 Å². The van der Waals surface area contributed by atoms with Crippen LogP contribution in [0.2, 0.25) is 0 Å². The maximum absolute atomic E-state index is 11.0. The highest BCUT2D eigenvalue weighted by Crippen LogP contribution is 2.27. The molecule has 0 saturated carbocycles. The van der Waals surface area contributed by atoms with Crippen LogP contribution in [0.4, 0.5) is 0 Å². The molecule has 4 nitrogen and oxygen atoms in total. The zero-order valence-electron chi connectivity index (χ0n) is 8.73. The van der Waals surface area contributed by atoms with E-state index < -0.39 is 11.6 Å². The molecule has 0 saturated heterocycles. The van der Waals surface area contributed by atoms with Crippen molar-refractivity contribution in [2.75, 3.05) is 7.11 Å². The van der Waals surface area contributed by atoms with Crippen LogP contribution < -0.4 is 4.74 Å². The smallest absolute Gasteiger partial charge is 0.340 e. The van der Waals surface area contributed by atoms with Crippen LogP contribution in [0.15, 0.2) is 24.3 Å². The molecular formula is C11H14O4. The van der Waals surface area contributed by atoms with E-state index in [9.17, 15) is 9.90 Å². The lowest BCUT2D eigenvalue weighted by molar-refractivity contribution is -0.160. The number of carboxylic acids is 1. The Labute approximate surface area is 88.1 Å². The Morgan fingerprint density at radius 2 is 2.20 bits per heavy atom. The van der Waals surface area contributed by atoms with Crippen LogP contribution in [0.1, 0.15) is 18.9 Å². The second-order valence-electron chi connectivity index (χ2n) is 3.25. The average molecular weight is 210 g/mol. The number of rotatable bonds is 4. The Bertz CT molecular complexity index is 361. The summed E-state index contributed by atoms with van der Waals surface area (Å²) in [7, 11) is 1.49. The molecule has 82 valence electrons. The number of methoxy groups -OCH3 is 1. The predicted octanol–water partition coefficient (Wildman–Crippen LogP) is 1.38. The Hall–Kier alpha value is -1.55. The lowest BCUT2D eigenvalue weighted by atomic mass is 9.91. The number of aliphatic hydroxyl groups is 1. The molecule has 1 unspecified atom stereocenters. The summed E-state index contributed by atoms with van der Waals surface area (Å²) in [5.74, 6) is -0.723. The molecule has 15 heavy (non-hydrogen) atoms. The number of hydrogen-bond donors (Lipinski definition) is 2. The third-order valence-electron chi connectivity index (χ3n) is 2.41. The van der Waals surface area contributed by atoms with Gasteiger partial charge in [0.25, 0.3) is 0 Å². The summed E-state index contributed by atoms with van der Waals surface area (Å²) < 4.78 is 4.97. The average Bonchev–Trinajstić information content (AvgIpc) is 2.27. The molecule has 2 N–H and O–H groups in total. The van der Waals surface area contributed by atoms with Crippen molar-refractivity contribution in [3.05, 3.63) is 29.8 Å². The van der Waals surface area contributed by atoms with Crippen molar-refractivity contribution in [1.29, 1.82) is 0 Å². The summed E-state index contributed by atoms with van der Waals surface area (Å²) in [6, 6.07) is 6.44. The summed E-state index contributed by atoms with van der Waals surface area (Å²) in [5.41, 5.74) is -1.51. The third kappa shape index (κ3) is 2.10. The van der Waals surface area contributed by atoms with Gasteiger partial charge in [0.1, 0.15) is 5.75 Å². The fourth-order valence-corrected chi connectivity index (χ4v) is 1.36. The number of ether oxygens (including phenoxy) is 1. The molecule has 0 aliphatic rings. The molecule has 1 atom stereocenters. The highest BCUT2D eigenvalue weighted by molar-refractivity contribution is 5.79. The lowest BCUT2D eigenvalue weighted by Gasteiger charge is -2.22. The molecule has 0 radical (unpaired) electrons. The third-order valence-corrected chi connectivity index (χ3v) is 2.41. The van der Waals surface area contributed by atoms with Crippen molar-refractivity contribution >= 4 is 5.97 Å². The van der Waals surface area contributed by atoms with E-state index in [-0.39, 0.29) is 6.42 Å². The highest BCUT2D eigenvalue weighted by atomic mass is 16.5. The minimum atomic E-state index is -1.84. The van der Waals surface area contributed by atoms with Gasteiger partial charge in [-0.25, -0.2) is 4.79 Å². The molecule has 0 aromatic heterocycles. The second-order valence-corrected chi connectivity index (χ2v) is 3.25. The normalized spacial score (nSPS) is 14.3. The largest absolute Gasteiger partial charge is 0.497 e. The van der Waals surface area contributed by atoms with Gasteiger partial charge >= 0.3 is 5.97 Å². The van der Waals surface area contributed by atoms with Crippen LogP contribution in [0.25, 0.3) is 0 Å². The number of carboxylic acid groups (broad SMARTS) is 1. The Balaban J connectivity index is 3.18. The van der Waals surface area contributed by atoms with Crippen LogP contribution in [0.5, 0.6) is 5.75 Å². The molecule has 1 aromatic carbocycles. The molecular weight excluding hydrogens is 196 g/mol. The number of carbonyl (C=O) groups is 1. The van der Waals surface area contributed by atoms with Crippen molar-refractivity contribution in [2.24, 2.45) is 0 Å². The second kappa shape index (κ2) is 4.31. The van der Waals surface area contributed by atoms with Crippen molar-refractivity contribution < 1.29 is 19.7 Å². The van der Waals surface area contributed by atoms with Gasteiger partial charge in [0.05, 0.1) is 7.11 Å². The molecule has 0 aliphatic carbocycles. The molecule has 0 heterocycles. The van der Waals surface area contributed by atoms with Crippen LogP contribution in [0, 0.1) is 0 Å². The molecule has 0 bridgehead atoms. The monoisotopic (exact) mass is 210 g/mol. The van der Waals surface area contributed by atoms with E-state index in [1.807, 2.05) is 0 Å². The first-order chi connectivity index (χ1) is 7.04. The zero-order valence-corrected chi connectivity index (χ0v) is 8.73. The molecule has 0 fully saturated rings. The van der Waals surface area contributed by atoms with Gasteiger partial charge in [-0.2, -0.15) is 0 Å². The lowest BCUT2D eigenvalue weighted by Crippen LogP contribution is -2.34. The quantitative estimate of drug-likeness (QED) is 0.787. The van der Waals surface area contributed by atoms with Gasteiger partial charge in [0.2, 0.25) is 0 Å². The topological polar surface area (TPSA) is 66.8 Å². The zero-order chi connectivity index (χ0) is 11.5. The molecule has 0 amide bonds. The van der Waals surface area contributed by atoms with Crippen molar-refractivity contribution in [3.8, 4) is 5.75 Å². The van der Waals surface area contributed by atoms with E-state index in [0.29, 0.717) is 11.3 Å². The fourth-order valence-electron chi connectivity index (χ4n) is 1.36. The fraction of sp³-hybridized carbons (Fsp3) is 0.364. The first-order valence-electron chi connectivity index (χ1n) is 4.65. The van der Waals surface area contributed by atoms with Gasteiger partial charge in [-0.1, -0.05) is 19.1 Å². The van der Waals surface area contributed by atoms with Crippen LogP contribution in [-0.2, 0) is 10.4 Å². The molecule has 0 spiro atoms. The van der Waals surface area contributed by atoms with Crippen molar-refractivity contribution in [3.63, 3.8) is 0 Å². The van der Waals surface area contributed by atoms with E-state index in [1.165, 1.54) is 13.2 Å². The van der Waals surface area contributed by atoms with E-state index in [0.717, 1.165) is 0 Å². The minimum Gasteiger partial charge on any atom is -0.497 e. The van der Waals surface area contributed by atoms with Crippen molar-refractivity contribution in [1.82, 2.24) is 0 Å². The van der Waals surface area contributed by atoms with Crippen LogP contribution in [-0.4, -0.2) is 23.3 Å². The van der Waals surface area contributed by atoms with E-state index in [1.54, 1.807) is 25.1 Å². The van der Waals surface area contributed by atoms with Gasteiger partial charge in [-0.3, -0.25) is 0 Å². The van der Waals surface area contributed by atoms with E-state index >= 15 is 0 Å². The first kappa shape index (κ1) is 11.5. The SMILES string of the molecule is CCC(O)(C(=O)O)c1cccc(OC)c1. The summed E-state index contributed by atoms with van der Waals surface area (Å²) in [4.78, 5) is 11.0. The Morgan fingerprint density at radius 3 is 2.67 bits per heavy atom. The summed E-state index contributed by atoms with van der Waals surface area (Å²) >= 11 is 0. The van der Waals surface area contributed by atoms with Crippen LogP contribution >= 0.6 is 0 Å². The summed E-state index contributed by atoms with van der Waals surface area (Å²) in [6.07, 6.45) is 0.107. The molecule has 0 aliphatic heterocycles. The molecule has 4 heteroatoms. The number of hydrogen-bond acceptors (Lipinski definition) is 3. The van der Waals surface area contributed by atoms with Gasteiger partial charge < -0.3 is 14.9 Å². The maximum Gasteiger partial charge on any atom is 0.340 e. The van der Waals surface area contributed by atoms with Crippen molar-refractivity contribution in [2.45, 2.75) is 18.9 Å². The minimum absolute atomic E-state index is 0.107. The first-order valence-corrected chi connectivity index (χ1v) is 4.65. The standard InChI is InChI=1S/C11H14O4/c1-3-11(14,10(12)13)8-5-4-6-9(7-8)15-2/h4-7,14H,3H2,1-2H3,(H,12,13). The van der Waals surface area contributed by atoms with E-state index in [2.05, 4.69) is 0 Å². The van der Waals surface area contributed by atoms with Gasteiger partial charge in [-0.05, 0) is 24.1 Å². The molecule has 1 rings (SSSR count). The van der Waals surface area contributed by atoms with Gasteiger partial charge in [0, 0.05) is 0 Å². The number of aliphatic carboxylic acids is 1. The predicted molar refractivity (Wildman–Crippen MR) is 54.8 cm³/mol.